The number of amides is 1. The average Bonchev–Trinajstić information content (AvgIpc) is 1.95. The van der Waals surface area contributed by atoms with Gasteiger partial charge >= 0.3 is 12.1 Å². The van der Waals surface area contributed by atoms with Gasteiger partial charge in [0.05, 0.1) is 0 Å². The number of halogens is 1. The van der Waals surface area contributed by atoms with Crippen molar-refractivity contribution in [2.24, 2.45) is 0 Å². The average molecular weight is 221 g/mol. The van der Waals surface area contributed by atoms with Gasteiger partial charge in [0.2, 0.25) is 0 Å². The van der Waals surface area contributed by atoms with Crippen LogP contribution in [0.2, 0.25) is 0 Å². The third kappa shape index (κ3) is 5.87. The van der Waals surface area contributed by atoms with Crippen LogP contribution in [0, 0.1) is 0 Å². The number of carbonyl (C=O) groups excluding carboxylic acids is 1. The summed E-state index contributed by atoms with van der Waals surface area (Å²) in [5.41, 5.74) is -0.743. The highest BCUT2D eigenvalue weighted by Crippen LogP contribution is 2.07. The first kappa shape index (κ1) is 13.7. The van der Waals surface area contributed by atoms with E-state index in [0.29, 0.717) is 0 Å². The number of carboxylic acids is 1. The van der Waals surface area contributed by atoms with Crippen molar-refractivity contribution >= 4 is 12.1 Å². The molecule has 0 aromatic rings. The lowest BCUT2D eigenvalue weighted by Crippen LogP contribution is -2.47. The van der Waals surface area contributed by atoms with Crippen LogP contribution in [0.3, 0.4) is 0 Å². The summed E-state index contributed by atoms with van der Waals surface area (Å²) in [5, 5.41) is 10.5. The quantitative estimate of drug-likeness (QED) is 0.753. The predicted molar refractivity (Wildman–Crippen MR) is 51.4 cm³/mol. The van der Waals surface area contributed by atoms with Gasteiger partial charge in [-0.25, -0.2) is 14.0 Å². The Bertz CT molecular complexity index is 247. The van der Waals surface area contributed by atoms with E-state index in [9.17, 15) is 14.0 Å². The van der Waals surface area contributed by atoms with Crippen LogP contribution in [0.5, 0.6) is 0 Å². The standard InChI is InChI=1S/C9H16FNO4/c1-5(10)6(7(12)13)11-8(14)15-9(2,3)4/h5-6H,1-4H3,(H,11,14)(H,12,13)/t5-,6+/m1/s1. The van der Waals surface area contributed by atoms with Gasteiger partial charge in [-0.2, -0.15) is 0 Å². The van der Waals surface area contributed by atoms with Gasteiger partial charge in [-0.15, -0.1) is 0 Å². The molecule has 0 spiro atoms. The third-order valence-electron chi connectivity index (χ3n) is 1.40. The van der Waals surface area contributed by atoms with Crippen molar-refractivity contribution in [2.75, 3.05) is 0 Å². The van der Waals surface area contributed by atoms with Crippen LogP contribution in [0.15, 0.2) is 0 Å². The maximum atomic E-state index is 12.8. The fourth-order valence-electron chi connectivity index (χ4n) is 0.808. The summed E-state index contributed by atoms with van der Waals surface area (Å²) in [5.74, 6) is -1.43. The van der Waals surface area contributed by atoms with E-state index in [1.165, 1.54) is 0 Å². The molecular weight excluding hydrogens is 205 g/mol. The summed E-state index contributed by atoms with van der Waals surface area (Å²) in [6, 6.07) is -1.58. The fraction of sp³-hybridized carbons (Fsp3) is 0.778. The Morgan fingerprint density at radius 3 is 2.13 bits per heavy atom. The molecule has 0 heterocycles. The van der Waals surface area contributed by atoms with Crippen molar-refractivity contribution in [2.45, 2.75) is 45.5 Å². The van der Waals surface area contributed by atoms with E-state index in [1.54, 1.807) is 20.8 Å². The van der Waals surface area contributed by atoms with Crippen LogP contribution in [-0.4, -0.2) is 35.0 Å². The van der Waals surface area contributed by atoms with E-state index in [-0.39, 0.29) is 0 Å². The molecule has 0 saturated heterocycles. The van der Waals surface area contributed by atoms with Crippen molar-refractivity contribution in [3.05, 3.63) is 0 Å². The first-order chi connectivity index (χ1) is 6.63. The Hall–Kier alpha value is -1.33. The second-order valence-corrected chi connectivity index (χ2v) is 4.14. The second-order valence-electron chi connectivity index (χ2n) is 4.14. The zero-order valence-corrected chi connectivity index (χ0v) is 9.20. The molecule has 0 aliphatic carbocycles. The topological polar surface area (TPSA) is 75.6 Å². The molecule has 1 amide bonds. The van der Waals surface area contributed by atoms with Crippen molar-refractivity contribution in [3.8, 4) is 0 Å². The summed E-state index contributed by atoms with van der Waals surface area (Å²) < 4.78 is 17.5. The molecule has 88 valence electrons. The number of carboxylic acid groups (broad SMARTS) is 1. The van der Waals surface area contributed by atoms with E-state index in [4.69, 9.17) is 9.84 Å². The van der Waals surface area contributed by atoms with Gasteiger partial charge in [0.1, 0.15) is 11.8 Å². The maximum Gasteiger partial charge on any atom is 0.408 e. The zero-order chi connectivity index (χ0) is 12.2. The number of hydrogen-bond donors (Lipinski definition) is 2. The Balaban J connectivity index is 4.31. The SMILES string of the molecule is C[C@@H](F)[C@H](NC(=O)OC(C)(C)C)C(=O)O. The van der Waals surface area contributed by atoms with E-state index < -0.39 is 29.9 Å². The number of aliphatic carboxylic acids is 1. The summed E-state index contributed by atoms with van der Waals surface area (Å²) in [7, 11) is 0. The molecule has 2 N–H and O–H groups in total. The minimum atomic E-state index is -1.69. The van der Waals surface area contributed by atoms with Crippen molar-refractivity contribution < 1.29 is 23.8 Å². The highest BCUT2D eigenvalue weighted by molar-refractivity contribution is 5.80. The Labute approximate surface area is 87.6 Å². The van der Waals surface area contributed by atoms with Gasteiger partial charge in [-0.3, -0.25) is 0 Å². The monoisotopic (exact) mass is 221 g/mol. The molecular formula is C9H16FNO4. The van der Waals surface area contributed by atoms with Crippen molar-refractivity contribution in [1.82, 2.24) is 5.32 Å². The lowest BCUT2D eigenvalue weighted by molar-refractivity contribution is -0.141. The maximum absolute atomic E-state index is 12.8. The first-order valence-electron chi connectivity index (χ1n) is 4.50. The van der Waals surface area contributed by atoms with Gasteiger partial charge in [0.25, 0.3) is 0 Å². The van der Waals surface area contributed by atoms with Crippen LogP contribution in [0.1, 0.15) is 27.7 Å². The third-order valence-corrected chi connectivity index (χ3v) is 1.40. The molecule has 0 bridgehead atoms. The lowest BCUT2D eigenvalue weighted by Gasteiger charge is -2.22. The van der Waals surface area contributed by atoms with Crippen LogP contribution in [0.4, 0.5) is 9.18 Å². The number of alkyl carbamates (subject to hydrolysis) is 1. The summed E-state index contributed by atoms with van der Waals surface area (Å²) in [4.78, 5) is 21.6. The zero-order valence-electron chi connectivity index (χ0n) is 9.20. The summed E-state index contributed by atoms with van der Waals surface area (Å²) in [6.07, 6.45) is -2.63. The largest absolute Gasteiger partial charge is 0.480 e. The Kier molecular flexibility index (Phi) is 4.51. The number of carbonyl (C=O) groups is 2. The number of nitrogens with one attached hydrogen (secondary N) is 1. The van der Waals surface area contributed by atoms with Crippen molar-refractivity contribution in [1.29, 1.82) is 0 Å². The van der Waals surface area contributed by atoms with Gasteiger partial charge in [0.15, 0.2) is 6.04 Å². The van der Waals surface area contributed by atoms with Crippen LogP contribution in [0.25, 0.3) is 0 Å². The normalized spacial score (nSPS) is 15.3. The van der Waals surface area contributed by atoms with Gasteiger partial charge in [-0.1, -0.05) is 0 Å². The molecule has 0 aliphatic rings. The molecule has 0 fully saturated rings. The molecule has 0 radical (unpaired) electrons. The molecule has 0 aromatic carbocycles. The minimum Gasteiger partial charge on any atom is -0.480 e. The van der Waals surface area contributed by atoms with E-state index in [2.05, 4.69) is 0 Å². The molecule has 6 heteroatoms. The molecule has 0 aliphatic heterocycles. The first-order valence-corrected chi connectivity index (χ1v) is 4.50. The van der Waals surface area contributed by atoms with Crippen LogP contribution >= 0.6 is 0 Å². The highest BCUT2D eigenvalue weighted by Gasteiger charge is 2.28. The van der Waals surface area contributed by atoms with E-state index in [0.717, 1.165) is 6.92 Å². The molecule has 2 atom stereocenters. The summed E-state index contributed by atoms with van der Waals surface area (Å²) >= 11 is 0. The number of hydrogen-bond acceptors (Lipinski definition) is 3. The number of alkyl halides is 1. The second kappa shape index (κ2) is 4.95. The number of ether oxygens (including phenoxy) is 1. The van der Waals surface area contributed by atoms with E-state index >= 15 is 0 Å². The number of rotatable bonds is 3. The molecule has 0 unspecified atom stereocenters. The van der Waals surface area contributed by atoms with Gasteiger partial charge in [-0.05, 0) is 27.7 Å². The summed E-state index contributed by atoms with van der Waals surface area (Å²) in [6.45, 7) is 5.93. The predicted octanol–water partition coefficient (Wildman–Crippen LogP) is 1.32. The molecule has 0 saturated carbocycles. The van der Waals surface area contributed by atoms with Crippen LogP contribution < -0.4 is 5.32 Å². The molecule has 15 heavy (non-hydrogen) atoms. The lowest BCUT2D eigenvalue weighted by atomic mass is 10.2. The van der Waals surface area contributed by atoms with Crippen LogP contribution in [-0.2, 0) is 9.53 Å². The molecule has 5 nitrogen and oxygen atoms in total. The van der Waals surface area contributed by atoms with Crippen molar-refractivity contribution in [3.63, 3.8) is 0 Å². The molecule has 0 rings (SSSR count). The van der Waals surface area contributed by atoms with Gasteiger partial charge in [0, 0.05) is 0 Å². The molecule has 0 aromatic heterocycles. The Morgan fingerprint density at radius 1 is 1.40 bits per heavy atom. The minimum absolute atomic E-state index is 0.743. The Morgan fingerprint density at radius 2 is 1.87 bits per heavy atom. The van der Waals surface area contributed by atoms with Gasteiger partial charge < -0.3 is 15.2 Å². The smallest absolute Gasteiger partial charge is 0.408 e. The van der Waals surface area contributed by atoms with E-state index in [1.807, 2.05) is 5.32 Å². The highest BCUT2D eigenvalue weighted by atomic mass is 19.1. The fourth-order valence-corrected chi connectivity index (χ4v) is 0.808.